The lowest BCUT2D eigenvalue weighted by Gasteiger charge is -2.51. The number of rotatable bonds is 2. The Hall–Kier alpha value is -1.66. The molecule has 6 heteroatoms. The molecular weight excluding hydrogens is 348 g/mol. The summed E-state index contributed by atoms with van der Waals surface area (Å²) in [5.41, 5.74) is -1.37. The van der Waals surface area contributed by atoms with Crippen LogP contribution in [0.5, 0.6) is 0 Å². The van der Waals surface area contributed by atoms with Gasteiger partial charge in [0.1, 0.15) is 0 Å². The standard InChI is InChI=1S/C15H22O2.2C3H4O2/c16-14-7-11(10-2-1-3-12(10)14)13-8-4-5-9(6-8)15(13,14)17;2*1-2-3(4)5/h8-13,16-17H,1-7H2;2*2H,1H2,(H,4,5). The molecule has 0 amide bonds. The van der Waals surface area contributed by atoms with Crippen molar-refractivity contribution in [3.05, 3.63) is 25.3 Å². The van der Waals surface area contributed by atoms with Crippen molar-refractivity contribution in [1.82, 2.24) is 0 Å². The highest BCUT2D eigenvalue weighted by molar-refractivity contribution is 5.79. The van der Waals surface area contributed by atoms with Crippen LogP contribution in [-0.4, -0.2) is 43.6 Å². The summed E-state index contributed by atoms with van der Waals surface area (Å²) in [6.45, 7) is 5.92. The molecule has 5 rings (SSSR count). The lowest BCUT2D eigenvalue weighted by molar-refractivity contribution is -0.214. The third kappa shape index (κ3) is 2.85. The third-order valence-electron chi connectivity index (χ3n) is 7.90. The molecule has 150 valence electrons. The minimum Gasteiger partial charge on any atom is -0.478 e. The molecule has 27 heavy (non-hydrogen) atoms. The summed E-state index contributed by atoms with van der Waals surface area (Å²) in [6, 6.07) is 0. The molecule has 5 fully saturated rings. The predicted molar refractivity (Wildman–Crippen MR) is 98.8 cm³/mol. The van der Waals surface area contributed by atoms with Crippen LogP contribution in [0.2, 0.25) is 0 Å². The molecule has 0 aromatic carbocycles. The second-order valence-corrected chi connectivity index (χ2v) is 8.70. The number of carboxylic acids is 2. The Bertz CT molecular complexity index is 627. The molecule has 5 aliphatic carbocycles. The average Bonchev–Trinajstić information content (AvgIpc) is 3.39. The maximum Gasteiger partial charge on any atom is 0.327 e. The Morgan fingerprint density at radius 2 is 1.52 bits per heavy atom. The molecule has 4 N–H and O–H groups in total. The fourth-order valence-electron chi connectivity index (χ4n) is 7.30. The van der Waals surface area contributed by atoms with Crippen molar-refractivity contribution in [1.29, 1.82) is 0 Å². The van der Waals surface area contributed by atoms with Crippen molar-refractivity contribution in [2.75, 3.05) is 0 Å². The van der Waals surface area contributed by atoms with E-state index < -0.39 is 23.1 Å². The van der Waals surface area contributed by atoms with Crippen LogP contribution in [0.15, 0.2) is 25.3 Å². The summed E-state index contributed by atoms with van der Waals surface area (Å²) in [5.74, 6) is 1.52. The highest BCUT2D eigenvalue weighted by Crippen LogP contribution is 2.75. The van der Waals surface area contributed by atoms with Crippen LogP contribution in [0.25, 0.3) is 0 Å². The number of carbonyl (C=O) groups is 2. The molecule has 0 aromatic heterocycles. The summed E-state index contributed by atoms with van der Waals surface area (Å²) in [5, 5.41) is 37.7. The quantitative estimate of drug-likeness (QED) is 0.433. The van der Waals surface area contributed by atoms with Crippen LogP contribution in [0.3, 0.4) is 0 Å². The fraction of sp³-hybridized carbons (Fsp3) is 0.714. The first-order chi connectivity index (χ1) is 12.7. The highest BCUT2D eigenvalue weighted by atomic mass is 16.4. The van der Waals surface area contributed by atoms with Gasteiger partial charge in [0, 0.05) is 12.2 Å². The molecule has 8 atom stereocenters. The lowest BCUT2D eigenvalue weighted by atomic mass is 9.59. The van der Waals surface area contributed by atoms with E-state index in [0.29, 0.717) is 23.7 Å². The van der Waals surface area contributed by atoms with Gasteiger partial charge in [0.05, 0.1) is 11.2 Å². The van der Waals surface area contributed by atoms with Crippen molar-refractivity contribution in [2.24, 2.45) is 35.5 Å². The molecule has 5 aliphatic rings. The van der Waals surface area contributed by atoms with Gasteiger partial charge < -0.3 is 20.4 Å². The number of hydrogen-bond donors (Lipinski definition) is 4. The van der Waals surface area contributed by atoms with Crippen LogP contribution in [0, 0.1) is 35.5 Å². The Morgan fingerprint density at radius 3 is 2.07 bits per heavy atom. The van der Waals surface area contributed by atoms with Crippen LogP contribution in [0.4, 0.5) is 0 Å². The zero-order valence-electron chi connectivity index (χ0n) is 15.6. The summed E-state index contributed by atoms with van der Waals surface area (Å²) < 4.78 is 0. The van der Waals surface area contributed by atoms with E-state index in [0.717, 1.165) is 30.4 Å². The van der Waals surface area contributed by atoms with Gasteiger partial charge in [-0.05, 0) is 74.0 Å². The zero-order valence-corrected chi connectivity index (χ0v) is 15.6. The van der Waals surface area contributed by atoms with E-state index in [4.69, 9.17) is 10.2 Å². The third-order valence-corrected chi connectivity index (χ3v) is 7.90. The fourth-order valence-corrected chi connectivity index (χ4v) is 7.30. The number of fused-ring (bicyclic) bond motifs is 12. The summed E-state index contributed by atoms with van der Waals surface area (Å²) in [7, 11) is 0. The molecule has 0 spiro atoms. The number of aliphatic carboxylic acids is 2. The Labute approximate surface area is 159 Å². The predicted octanol–water partition coefficient (Wildman–Crippen LogP) is 2.46. The first kappa shape index (κ1) is 20.1. The van der Waals surface area contributed by atoms with Crippen LogP contribution in [-0.2, 0) is 9.59 Å². The first-order valence-electron chi connectivity index (χ1n) is 9.86. The molecule has 5 saturated carbocycles. The molecule has 6 nitrogen and oxygen atoms in total. The number of hydrogen-bond acceptors (Lipinski definition) is 4. The van der Waals surface area contributed by atoms with Crippen molar-refractivity contribution < 1.29 is 30.0 Å². The van der Waals surface area contributed by atoms with E-state index in [1.807, 2.05) is 0 Å². The summed E-state index contributed by atoms with van der Waals surface area (Å²) in [4.78, 5) is 18.5. The van der Waals surface area contributed by atoms with Gasteiger partial charge in [0.15, 0.2) is 0 Å². The van der Waals surface area contributed by atoms with Crippen molar-refractivity contribution in [3.63, 3.8) is 0 Å². The van der Waals surface area contributed by atoms with Crippen molar-refractivity contribution in [3.8, 4) is 0 Å². The van der Waals surface area contributed by atoms with Crippen molar-refractivity contribution in [2.45, 2.75) is 56.1 Å². The zero-order chi connectivity index (χ0) is 20.0. The van der Waals surface area contributed by atoms with Crippen molar-refractivity contribution >= 4 is 11.9 Å². The SMILES string of the molecule is C=CC(=O)O.C=CC(=O)O.OC12CC(C3CCCC31)C1C3CCC(C3)C12O. The normalized spacial score (nSPS) is 47.0. The molecule has 4 bridgehead atoms. The second kappa shape index (κ2) is 7.06. The monoisotopic (exact) mass is 378 g/mol. The van der Waals surface area contributed by atoms with Gasteiger partial charge in [-0.3, -0.25) is 0 Å². The minimum atomic E-state index is -0.981. The molecule has 8 unspecified atom stereocenters. The van der Waals surface area contributed by atoms with E-state index in [-0.39, 0.29) is 0 Å². The van der Waals surface area contributed by atoms with Crippen LogP contribution < -0.4 is 0 Å². The topological polar surface area (TPSA) is 115 Å². The molecule has 0 saturated heterocycles. The first-order valence-corrected chi connectivity index (χ1v) is 9.86. The second-order valence-electron chi connectivity index (χ2n) is 8.70. The lowest BCUT2D eigenvalue weighted by Crippen LogP contribution is -2.62. The van der Waals surface area contributed by atoms with Gasteiger partial charge in [-0.25, -0.2) is 9.59 Å². The summed E-state index contributed by atoms with van der Waals surface area (Å²) >= 11 is 0. The molecule has 0 radical (unpaired) electrons. The molecular formula is C21H30O6. The molecule has 0 aromatic rings. The largest absolute Gasteiger partial charge is 0.478 e. The van der Waals surface area contributed by atoms with Gasteiger partial charge >= 0.3 is 11.9 Å². The Kier molecular flexibility index (Phi) is 5.25. The molecule has 0 aliphatic heterocycles. The van der Waals surface area contributed by atoms with E-state index >= 15 is 0 Å². The van der Waals surface area contributed by atoms with Gasteiger partial charge in [-0.15, -0.1) is 0 Å². The Balaban J connectivity index is 0.000000179. The van der Waals surface area contributed by atoms with Crippen LogP contribution >= 0.6 is 0 Å². The van der Waals surface area contributed by atoms with Gasteiger partial charge in [0.25, 0.3) is 0 Å². The van der Waals surface area contributed by atoms with Gasteiger partial charge in [0.2, 0.25) is 0 Å². The van der Waals surface area contributed by atoms with Gasteiger partial charge in [-0.2, -0.15) is 0 Å². The van der Waals surface area contributed by atoms with E-state index in [1.54, 1.807) is 0 Å². The average molecular weight is 378 g/mol. The number of carboxylic acid groups (broad SMARTS) is 2. The maximum atomic E-state index is 11.3. The van der Waals surface area contributed by atoms with Gasteiger partial charge in [-0.1, -0.05) is 19.6 Å². The van der Waals surface area contributed by atoms with Crippen LogP contribution in [0.1, 0.15) is 44.9 Å². The maximum absolute atomic E-state index is 11.3. The smallest absolute Gasteiger partial charge is 0.327 e. The van der Waals surface area contributed by atoms with E-state index in [2.05, 4.69) is 13.2 Å². The van der Waals surface area contributed by atoms with E-state index in [9.17, 15) is 19.8 Å². The summed E-state index contributed by atoms with van der Waals surface area (Å²) in [6.07, 6.45) is 10.1. The highest BCUT2D eigenvalue weighted by Gasteiger charge is 2.80. The van der Waals surface area contributed by atoms with E-state index in [1.165, 1.54) is 38.5 Å². The molecule has 0 heterocycles. The number of aliphatic hydroxyl groups is 2. The minimum absolute atomic E-state index is 0.425. The Morgan fingerprint density at radius 1 is 0.926 bits per heavy atom.